The molecule has 1 unspecified atom stereocenters. The molecule has 1 atom stereocenters. The van der Waals surface area contributed by atoms with Crippen LogP contribution >= 0.6 is 0 Å². The number of fused-ring (bicyclic) bond motifs is 2. The van der Waals surface area contributed by atoms with E-state index in [-0.39, 0.29) is 18.1 Å². The number of esters is 1. The van der Waals surface area contributed by atoms with Crippen molar-refractivity contribution >= 4 is 23.1 Å². The van der Waals surface area contributed by atoms with Gasteiger partial charge < -0.3 is 14.8 Å². The van der Waals surface area contributed by atoms with Gasteiger partial charge >= 0.3 is 5.97 Å². The van der Waals surface area contributed by atoms with E-state index >= 15 is 0 Å². The molecule has 1 aliphatic rings. The minimum Gasteiger partial charge on any atom is -0.491 e. The molecule has 138 valence electrons. The molecule has 0 bridgehead atoms. The van der Waals surface area contributed by atoms with Crippen molar-refractivity contribution in [1.82, 2.24) is 14.6 Å². The van der Waals surface area contributed by atoms with Crippen molar-refractivity contribution in [2.24, 2.45) is 0 Å². The van der Waals surface area contributed by atoms with Crippen molar-refractivity contribution in [1.29, 1.82) is 0 Å². The van der Waals surface area contributed by atoms with Crippen LogP contribution < -0.4 is 10.1 Å². The van der Waals surface area contributed by atoms with Crippen LogP contribution in [0.15, 0.2) is 36.8 Å². The lowest BCUT2D eigenvalue weighted by Gasteiger charge is -2.12. The second-order valence-electron chi connectivity index (χ2n) is 5.97. The number of ether oxygens (including phenoxy) is 2. The molecule has 27 heavy (non-hydrogen) atoms. The van der Waals surface area contributed by atoms with E-state index in [9.17, 15) is 9.59 Å². The first-order chi connectivity index (χ1) is 13.2. The molecule has 3 aromatic rings. The number of aromatic nitrogens is 3. The minimum atomic E-state index is -0.615. The molecule has 1 amide bonds. The summed E-state index contributed by atoms with van der Waals surface area (Å²) in [6.07, 6.45) is 2.91. The van der Waals surface area contributed by atoms with E-state index in [0.29, 0.717) is 23.6 Å². The zero-order valence-electron chi connectivity index (χ0n) is 14.9. The predicted octanol–water partition coefficient (Wildman–Crippen LogP) is 2.39. The molecule has 1 N–H and O–H groups in total. The van der Waals surface area contributed by atoms with Crippen LogP contribution in [-0.4, -0.2) is 39.7 Å². The third kappa shape index (κ3) is 2.69. The van der Waals surface area contributed by atoms with E-state index in [1.54, 1.807) is 13.1 Å². The highest BCUT2D eigenvalue weighted by Gasteiger charge is 2.36. The maximum Gasteiger partial charge on any atom is 0.343 e. The molecule has 0 radical (unpaired) electrons. The smallest absolute Gasteiger partial charge is 0.343 e. The Labute approximate surface area is 155 Å². The van der Waals surface area contributed by atoms with E-state index < -0.39 is 11.9 Å². The fourth-order valence-electron chi connectivity index (χ4n) is 3.34. The molecule has 8 heteroatoms. The van der Waals surface area contributed by atoms with Gasteiger partial charge in [0.2, 0.25) is 5.91 Å². The van der Waals surface area contributed by atoms with Crippen molar-refractivity contribution in [2.45, 2.75) is 19.8 Å². The van der Waals surface area contributed by atoms with E-state index in [4.69, 9.17) is 9.47 Å². The third-order valence-corrected chi connectivity index (χ3v) is 4.40. The Bertz CT molecular complexity index is 1040. The number of anilines is 1. The summed E-state index contributed by atoms with van der Waals surface area (Å²) >= 11 is 0. The summed E-state index contributed by atoms with van der Waals surface area (Å²) in [5, 5.41) is 7.06. The molecule has 2 aromatic heterocycles. The Balaban J connectivity index is 1.94. The highest BCUT2D eigenvalue weighted by Crippen LogP contribution is 2.40. The SMILES string of the molecule is CCOC(=O)c1cn2ncnc(C3C(=O)Nc4ccccc43)c2c1OCC. The maximum atomic E-state index is 12.7. The maximum absolute atomic E-state index is 12.7. The summed E-state index contributed by atoms with van der Waals surface area (Å²) in [5.41, 5.74) is 2.79. The summed E-state index contributed by atoms with van der Waals surface area (Å²) in [7, 11) is 0. The first kappa shape index (κ1) is 17.0. The van der Waals surface area contributed by atoms with Gasteiger partial charge in [-0.25, -0.2) is 14.3 Å². The van der Waals surface area contributed by atoms with Gasteiger partial charge in [0.15, 0.2) is 5.75 Å². The summed E-state index contributed by atoms with van der Waals surface area (Å²) in [4.78, 5) is 29.4. The van der Waals surface area contributed by atoms with Crippen molar-refractivity contribution < 1.29 is 19.1 Å². The van der Waals surface area contributed by atoms with E-state index in [1.165, 1.54) is 10.8 Å². The van der Waals surface area contributed by atoms with Gasteiger partial charge in [-0.1, -0.05) is 18.2 Å². The second kappa shape index (κ2) is 6.71. The average Bonchev–Trinajstić information content (AvgIpc) is 3.19. The number of para-hydroxylation sites is 1. The molecule has 0 spiro atoms. The van der Waals surface area contributed by atoms with Crippen molar-refractivity contribution in [3.63, 3.8) is 0 Å². The highest BCUT2D eigenvalue weighted by atomic mass is 16.5. The number of nitrogens with one attached hydrogen (secondary N) is 1. The van der Waals surface area contributed by atoms with Crippen LogP contribution in [-0.2, 0) is 9.53 Å². The van der Waals surface area contributed by atoms with Crippen molar-refractivity contribution in [2.75, 3.05) is 18.5 Å². The van der Waals surface area contributed by atoms with Crippen LogP contribution in [0.5, 0.6) is 5.75 Å². The third-order valence-electron chi connectivity index (χ3n) is 4.40. The molecular weight excluding hydrogens is 348 g/mol. The fraction of sp³-hybridized carbons (Fsp3) is 0.263. The standard InChI is InChI=1S/C19H18N4O4/c1-3-26-17-12(19(25)27-4-2)9-23-16(17)15(20-10-21-23)14-11-7-5-6-8-13(11)22-18(14)24/h5-10,14H,3-4H2,1-2H3,(H,22,24). The van der Waals surface area contributed by atoms with Crippen LogP contribution in [0.25, 0.3) is 5.52 Å². The molecule has 1 aromatic carbocycles. The molecule has 0 aliphatic carbocycles. The van der Waals surface area contributed by atoms with Crippen LogP contribution in [0.1, 0.15) is 41.4 Å². The monoisotopic (exact) mass is 366 g/mol. The number of benzene rings is 1. The molecule has 0 saturated heterocycles. The zero-order chi connectivity index (χ0) is 19.0. The van der Waals surface area contributed by atoms with Crippen LogP contribution in [0.2, 0.25) is 0 Å². The summed E-state index contributed by atoms with van der Waals surface area (Å²) in [6.45, 7) is 4.14. The lowest BCUT2D eigenvalue weighted by atomic mass is 9.96. The molecule has 8 nitrogen and oxygen atoms in total. The Morgan fingerprint density at radius 2 is 2.07 bits per heavy atom. The quantitative estimate of drug-likeness (QED) is 0.697. The first-order valence-corrected chi connectivity index (χ1v) is 8.71. The molecular formula is C19H18N4O4. The molecule has 1 aliphatic heterocycles. The Morgan fingerprint density at radius 3 is 2.85 bits per heavy atom. The van der Waals surface area contributed by atoms with Crippen LogP contribution in [0.3, 0.4) is 0 Å². The van der Waals surface area contributed by atoms with E-state index in [0.717, 1.165) is 11.3 Å². The Morgan fingerprint density at radius 1 is 1.26 bits per heavy atom. The van der Waals surface area contributed by atoms with Crippen molar-refractivity contribution in [3.8, 4) is 5.75 Å². The molecule has 0 saturated carbocycles. The van der Waals surface area contributed by atoms with Crippen LogP contribution in [0, 0.1) is 0 Å². The van der Waals surface area contributed by atoms with Crippen LogP contribution in [0.4, 0.5) is 5.69 Å². The summed E-state index contributed by atoms with van der Waals surface area (Å²) < 4.78 is 12.4. The summed E-state index contributed by atoms with van der Waals surface area (Å²) in [5.74, 6) is -0.980. The van der Waals surface area contributed by atoms with E-state index in [2.05, 4.69) is 15.4 Å². The number of hydrogen-bond acceptors (Lipinski definition) is 6. The van der Waals surface area contributed by atoms with E-state index in [1.807, 2.05) is 31.2 Å². The average molecular weight is 366 g/mol. The minimum absolute atomic E-state index is 0.182. The van der Waals surface area contributed by atoms with Gasteiger partial charge in [0, 0.05) is 11.9 Å². The zero-order valence-corrected chi connectivity index (χ0v) is 14.9. The largest absolute Gasteiger partial charge is 0.491 e. The Hall–Kier alpha value is -3.42. The predicted molar refractivity (Wildman–Crippen MR) is 97.0 cm³/mol. The van der Waals surface area contributed by atoms with Gasteiger partial charge in [-0.2, -0.15) is 5.10 Å². The number of carbonyl (C=O) groups is 2. The molecule has 0 fully saturated rings. The Kier molecular flexibility index (Phi) is 4.23. The number of hydrogen-bond donors (Lipinski definition) is 1. The molecule has 4 rings (SSSR count). The lowest BCUT2D eigenvalue weighted by molar-refractivity contribution is -0.116. The summed E-state index contributed by atoms with van der Waals surface area (Å²) in [6, 6.07) is 7.46. The highest BCUT2D eigenvalue weighted by molar-refractivity contribution is 6.06. The first-order valence-electron chi connectivity index (χ1n) is 8.71. The van der Waals surface area contributed by atoms with Gasteiger partial charge in [-0.15, -0.1) is 0 Å². The van der Waals surface area contributed by atoms with Gasteiger partial charge in [0.1, 0.15) is 23.3 Å². The van der Waals surface area contributed by atoms with Gasteiger partial charge in [-0.05, 0) is 25.5 Å². The number of rotatable bonds is 5. The van der Waals surface area contributed by atoms with Gasteiger partial charge in [-0.3, -0.25) is 4.79 Å². The van der Waals surface area contributed by atoms with Gasteiger partial charge in [0.25, 0.3) is 0 Å². The van der Waals surface area contributed by atoms with Crippen molar-refractivity contribution in [3.05, 3.63) is 53.6 Å². The lowest BCUT2D eigenvalue weighted by Crippen LogP contribution is -2.16. The fourth-order valence-corrected chi connectivity index (χ4v) is 3.34. The van der Waals surface area contributed by atoms with Gasteiger partial charge in [0.05, 0.1) is 18.9 Å². The normalized spacial score (nSPS) is 15.5. The number of carbonyl (C=O) groups excluding carboxylic acids is 2. The number of amides is 1. The molecule has 3 heterocycles. The number of nitrogens with zero attached hydrogens (tertiary/aromatic N) is 3. The second-order valence-corrected chi connectivity index (χ2v) is 5.97. The topological polar surface area (TPSA) is 94.8 Å².